The number of aromatic nitrogens is 1. The van der Waals surface area contributed by atoms with Crippen LogP contribution in [0.1, 0.15) is 57.8 Å². The summed E-state index contributed by atoms with van der Waals surface area (Å²) < 4.78 is 39.7. The number of fused-ring (bicyclic) bond motifs is 3. The quantitative estimate of drug-likeness (QED) is 0.295. The van der Waals surface area contributed by atoms with E-state index in [4.69, 9.17) is 9.47 Å². The summed E-state index contributed by atoms with van der Waals surface area (Å²) >= 11 is 0. The molecule has 7 rings (SSSR count). The molecule has 3 heterocycles. The molecule has 1 aromatic heterocycles. The van der Waals surface area contributed by atoms with Gasteiger partial charge in [-0.3, -0.25) is 19.1 Å². The van der Waals surface area contributed by atoms with Gasteiger partial charge in [0.2, 0.25) is 27.7 Å². The number of benzene rings is 2. The molecule has 13 heteroatoms. The Balaban J connectivity index is 1.20. The van der Waals surface area contributed by atoms with Crippen LogP contribution in [0, 0.1) is 5.92 Å². The van der Waals surface area contributed by atoms with Crippen molar-refractivity contribution >= 4 is 44.2 Å². The van der Waals surface area contributed by atoms with Crippen LogP contribution in [0.15, 0.2) is 72.9 Å². The highest BCUT2D eigenvalue weighted by Gasteiger charge is 2.62. The second-order valence-corrected chi connectivity index (χ2v) is 15.7. The van der Waals surface area contributed by atoms with E-state index in [0.717, 1.165) is 36.5 Å². The summed E-state index contributed by atoms with van der Waals surface area (Å²) in [5.74, 6) is -0.848. The van der Waals surface area contributed by atoms with Crippen molar-refractivity contribution in [2.45, 2.75) is 86.8 Å². The molecule has 2 saturated carbocycles. The van der Waals surface area contributed by atoms with Crippen LogP contribution in [0.3, 0.4) is 0 Å². The number of sulfonamides is 1. The SMILES string of the molecule is COc1cccc(N[C@H]2CCCCC/C=C\[C@@H]3C[C@@]3(C(=O)NS(=O)(=O)C3CC3)NC(=O)[C@@H]3C[C@@H](Oc4nccc5ccccc45)CN3C2=O)c1. The zero-order valence-electron chi connectivity index (χ0n) is 28.0. The lowest BCUT2D eigenvalue weighted by Gasteiger charge is -2.30. The second-order valence-electron chi connectivity index (χ2n) is 13.8. The molecule has 4 aliphatic rings. The third-order valence-electron chi connectivity index (χ3n) is 10.2. The molecule has 2 aliphatic heterocycles. The first kappa shape index (κ1) is 33.8. The van der Waals surface area contributed by atoms with Crippen LogP contribution in [0.2, 0.25) is 0 Å². The number of amides is 3. The van der Waals surface area contributed by atoms with Gasteiger partial charge in [0, 0.05) is 35.7 Å². The van der Waals surface area contributed by atoms with E-state index >= 15 is 0 Å². The molecule has 3 aromatic rings. The number of methoxy groups -OCH3 is 1. The van der Waals surface area contributed by atoms with E-state index in [1.807, 2.05) is 66.7 Å². The number of carbonyl (C=O) groups is 3. The van der Waals surface area contributed by atoms with Crippen molar-refractivity contribution in [3.63, 3.8) is 0 Å². The van der Waals surface area contributed by atoms with Crippen LogP contribution in [0.25, 0.3) is 10.8 Å². The summed E-state index contributed by atoms with van der Waals surface area (Å²) in [6.45, 7) is 0.122. The van der Waals surface area contributed by atoms with Crippen LogP contribution in [0.4, 0.5) is 5.69 Å². The Morgan fingerprint density at radius 2 is 1.88 bits per heavy atom. The number of rotatable bonds is 8. The minimum Gasteiger partial charge on any atom is -0.497 e. The average Bonchev–Trinajstić information content (AvgIpc) is 4.04. The highest BCUT2D eigenvalue weighted by molar-refractivity contribution is 7.91. The molecule has 12 nitrogen and oxygen atoms in total. The van der Waals surface area contributed by atoms with Crippen LogP contribution in [0.5, 0.6) is 11.6 Å². The zero-order chi connectivity index (χ0) is 34.9. The van der Waals surface area contributed by atoms with Crippen molar-refractivity contribution < 1.29 is 32.3 Å². The first-order valence-corrected chi connectivity index (χ1v) is 19.0. The van der Waals surface area contributed by atoms with Crippen LogP contribution in [-0.4, -0.2) is 78.7 Å². The lowest BCUT2D eigenvalue weighted by atomic mass is 10.0. The molecule has 0 unspecified atom stereocenters. The van der Waals surface area contributed by atoms with Crippen molar-refractivity contribution in [3.8, 4) is 11.6 Å². The van der Waals surface area contributed by atoms with Gasteiger partial charge in [0.05, 0.1) is 18.9 Å². The van der Waals surface area contributed by atoms with Gasteiger partial charge in [0.1, 0.15) is 29.5 Å². The largest absolute Gasteiger partial charge is 0.497 e. The van der Waals surface area contributed by atoms with Crippen molar-refractivity contribution in [2.24, 2.45) is 5.92 Å². The molecule has 5 atom stereocenters. The van der Waals surface area contributed by atoms with Crippen molar-refractivity contribution in [1.82, 2.24) is 19.9 Å². The number of carbonyl (C=O) groups excluding carboxylic acids is 3. The molecule has 3 fully saturated rings. The topological polar surface area (TPSA) is 156 Å². The summed E-state index contributed by atoms with van der Waals surface area (Å²) in [4.78, 5) is 48.6. The Morgan fingerprint density at radius 3 is 2.70 bits per heavy atom. The fraction of sp³-hybridized carbons (Fsp3) is 0.459. The van der Waals surface area contributed by atoms with Crippen molar-refractivity contribution in [3.05, 3.63) is 72.9 Å². The van der Waals surface area contributed by atoms with Crippen molar-refractivity contribution in [2.75, 3.05) is 19.0 Å². The maximum absolute atomic E-state index is 14.6. The minimum atomic E-state index is -3.84. The third-order valence-corrected chi connectivity index (χ3v) is 12.0. The van der Waals surface area contributed by atoms with Gasteiger partial charge in [-0.05, 0) is 68.2 Å². The molecule has 50 heavy (non-hydrogen) atoms. The molecule has 3 N–H and O–H groups in total. The van der Waals surface area contributed by atoms with E-state index in [1.165, 1.54) is 0 Å². The average molecular weight is 702 g/mol. The lowest BCUT2D eigenvalue weighted by Crippen LogP contribution is -2.57. The molecule has 0 bridgehead atoms. The standard InChI is InChI=1S/C37H43N5O7S/c1-48-27-13-9-12-26(20-27)39-31-15-6-4-2-3-5-11-25-22-37(25,36(45)41-50(46,47)29-16-17-29)40-33(43)32-21-28(23-42(32)35(31)44)49-34-30-14-8-7-10-24(30)18-19-38-34/h5,7-14,18-20,25,28-29,31-32,39H,2-4,6,15-17,21-23H2,1H3,(H,40,43)(H,41,45)/b11-5-/t25-,28-,31+,32+,37-/m1/s1. The van der Waals surface area contributed by atoms with Gasteiger partial charge in [0.25, 0.3) is 5.91 Å². The maximum Gasteiger partial charge on any atom is 0.259 e. The minimum absolute atomic E-state index is 0.122. The molecular formula is C37H43N5O7S. The summed E-state index contributed by atoms with van der Waals surface area (Å²) in [7, 11) is -2.26. The summed E-state index contributed by atoms with van der Waals surface area (Å²) in [5.41, 5.74) is -0.719. The third kappa shape index (κ3) is 7.14. The number of hydrogen-bond donors (Lipinski definition) is 3. The predicted molar refractivity (Wildman–Crippen MR) is 188 cm³/mol. The number of pyridine rings is 1. The molecule has 0 radical (unpaired) electrons. The van der Waals surface area contributed by atoms with E-state index < -0.39 is 50.8 Å². The first-order valence-electron chi connectivity index (χ1n) is 17.4. The van der Waals surface area contributed by atoms with E-state index in [0.29, 0.717) is 36.6 Å². The summed E-state index contributed by atoms with van der Waals surface area (Å²) in [5, 5.41) is 7.50. The summed E-state index contributed by atoms with van der Waals surface area (Å²) in [6, 6.07) is 15.3. The number of anilines is 1. The van der Waals surface area contributed by atoms with E-state index in [1.54, 1.807) is 18.2 Å². The first-order chi connectivity index (χ1) is 24.2. The number of nitrogens with one attached hydrogen (secondary N) is 3. The van der Waals surface area contributed by atoms with Crippen molar-refractivity contribution in [1.29, 1.82) is 0 Å². The fourth-order valence-electron chi connectivity index (χ4n) is 7.11. The zero-order valence-corrected chi connectivity index (χ0v) is 28.9. The van der Waals surface area contributed by atoms with E-state index in [9.17, 15) is 22.8 Å². The molecule has 264 valence electrons. The smallest absolute Gasteiger partial charge is 0.259 e. The number of allylic oxidation sites excluding steroid dienone is 1. The Labute approximate surface area is 292 Å². The van der Waals surface area contributed by atoms with E-state index in [-0.39, 0.29) is 31.2 Å². The van der Waals surface area contributed by atoms with Gasteiger partial charge < -0.3 is 25.0 Å². The summed E-state index contributed by atoms with van der Waals surface area (Å²) in [6.07, 6.45) is 10.3. The van der Waals surface area contributed by atoms with Gasteiger partial charge in [-0.2, -0.15) is 0 Å². The van der Waals surface area contributed by atoms with Crippen LogP contribution >= 0.6 is 0 Å². The maximum atomic E-state index is 14.6. The fourth-order valence-corrected chi connectivity index (χ4v) is 8.47. The van der Waals surface area contributed by atoms with Gasteiger partial charge in [-0.1, -0.05) is 49.3 Å². The van der Waals surface area contributed by atoms with Gasteiger partial charge in [-0.15, -0.1) is 0 Å². The lowest BCUT2D eigenvalue weighted by molar-refractivity contribution is -0.140. The van der Waals surface area contributed by atoms with Crippen LogP contribution < -0.4 is 24.8 Å². The normalized spacial score (nSPS) is 27.9. The second kappa shape index (κ2) is 13.9. The highest BCUT2D eigenvalue weighted by Crippen LogP contribution is 2.46. The monoisotopic (exact) mass is 701 g/mol. The van der Waals surface area contributed by atoms with Gasteiger partial charge in [-0.25, -0.2) is 13.4 Å². The molecular weight excluding hydrogens is 659 g/mol. The van der Waals surface area contributed by atoms with Crippen LogP contribution in [-0.2, 0) is 24.4 Å². The Morgan fingerprint density at radius 1 is 1.04 bits per heavy atom. The van der Waals surface area contributed by atoms with Gasteiger partial charge >= 0.3 is 0 Å². The molecule has 3 amide bonds. The highest BCUT2D eigenvalue weighted by atomic mass is 32.2. The number of ether oxygens (including phenoxy) is 2. The molecule has 0 spiro atoms. The molecule has 2 aromatic carbocycles. The Hall–Kier alpha value is -4.65. The Kier molecular flexibility index (Phi) is 9.42. The molecule has 1 saturated heterocycles. The molecule has 2 aliphatic carbocycles. The Bertz CT molecular complexity index is 1910. The number of nitrogens with zero attached hydrogens (tertiary/aromatic N) is 2. The van der Waals surface area contributed by atoms with E-state index in [2.05, 4.69) is 20.3 Å². The predicted octanol–water partition coefficient (Wildman–Crippen LogP) is 4.08. The number of hydrogen-bond acceptors (Lipinski definition) is 9. The van der Waals surface area contributed by atoms with Gasteiger partial charge in [0.15, 0.2) is 0 Å².